The predicted molar refractivity (Wildman–Crippen MR) is 69.2 cm³/mol. The number of rotatable bonds is 5. The number of aromatic nitrogens is 3. The molecule has 0 saturated carbocycles. The molecule has 1 heterocycles. The van der Waals surface area contributed by atoms with Gasteiger partial charge < -0.3 is 5.73 Å². The molecule has 0 aliphatic heterocycles. The van der Waals surface area contributed by atoms with Crippen molar-refractivity contribution in [2.45, 2.75) is 26.3 Å². The highest BCUT2D eigenvalue weighted by molar-refractivity contribution is 5.97. The fourth-order valence-electron chi connectivity index (χ4n) is 1.78. The second-order valence-corrected chi connectivity index (χ2v) is 4.12. The molecule has 0 unspecified atom stereocenters. The van der Waals surface area contributed by atoms with Crippen molar-refractivity contribution in [1.29, 1.82) is 0 Å². The summed E-state index contributed by atoms with van der Waals surface area (Å²) in [5.41, 5.74) is 6.87. The minimum absolute atomic E-state index is 0.00709. The maximum atomic E-state index is 12.1. The van der Waals surface area contributed by atoms with E-state index in [1.54, 1.807) is 28.9 Å². The lowest BCUT2D eigenvalue weighted by molar-refractivity contribution is 0.0989. The SMILES string of the molecule is CCCn1ncnc1CC(=O)c1cccc(N)c1. The Morgan fingerprint density at radius 2 is 2.28 bits per heavy atom. The number of ketones is 1. The van der Waals surface area contributed by atoms with Gasteiger partial charge in [-0.1, -0.05) is 19.1 Å². The first kappa shape index (κ1) is 12.3. The second-order valence-electron chi connectivity index (χ2n) is 4.12. The maximum Gasteiger partial charge on any atom is 0.170 e. The lowest BCUT2D eigenvalue weighted by Crippen LogP contribution is -2.11. The number of carbonyl (C=O) groups is 1. The van der Waals surface area contributed by atoms with Gasteiger partial charge in [0.2, 0.25) is 0 Å². The van der Waals surface area contributed by atoms with E-state index in [1.165, 1.54) is 6.33 Å². The highest BCUT2D eigenvalue weighted by atomic mass is 16.1. The molecule has 0 fully saturated rings. The predicted octanol–water partition coefficient (Wildman–Crippen LogP) is 1.70. The number of aryl methyl sites for hydroxylation is 1. The van der Waals surface area contributed by atoms with Gasteiger partial charge in [0.15, 0.2) is 5.78 Å². The fraction of sp³-hybridized carbons (Fsp3) is 0.308. The van der Waals surface area contributed by atoms with Crippen molar-refractivity contribution >= 4 is 11.5 Å². The van der Waals surface area contributed by atoms with Gasteiger partial charge in [0.05, 0.1) is 6.42 Å². The molecule has 0 radical (unpaired) electrons. The van der Waals surface area contributed by atoms with Crippen LogP contribution in [0.5, 0.6) is 0 Å². The van der Waals surface area contributed by atoms with Gasteiger partial charge in [-0.3, -0.25) is 4.79 Å². The Balaban J connectivity index is 2.14. The first-order chi connectivity index (χ1) is 8.70. The van der Waals surface area contributed by atoms with Gasteiger partial charge in [0.1, 0.15) is 12.2 Å². The Hall–Kier alpha value is -2.17. The third-order valence-corrected chi connectivity index (χ3v) is 2.66. The number of anilines is 1. The van der Waals surface area contributed by atoms with Crippen LogP contribution in [0.3, 0.4) is 0 Å². The van der Waals surface area contributed by atoms with E-state index in [0.717, 1.165) is 13.0 Å². The van der Waals surface area contributed by atoms with Crippen LogP contribution >= 0.6 is 0 Å². The van der Waals surface area contributed by atoms with Crippen LogP contribution in [-0.2, 0) is 13.0 Å². The molecule has 2 rings (SSSR count). The molecule has 1 aromatic carbocycles. The molecule has 2 N–H and O–H groups in total. The minimum atomic E-state index is 0.00709. The number of nitrogens with two attached hydrogens (primary N) is 1. The fourth-order valence-corrected chi connectivity index (χ4v) is 1.78. The normalized spacial score (nSPS) is 10.5. The highest BCUT2D eigenvalue weighted by Gasteiger charge is 2.11. The van der Waals surface area contributed by atoms with Crippen LogP contribution < -0.4 is 5.73 Å². The molecule has 1 aromatic heterocycles. The van der Waals surface area contributed by atoms with Crippen molar-refractivity contribution in [2.24, 2.45) is 0 Å². The molecular weight excluding hydrogens is 228 g/mol. The molecule has 0 aliphatic carbocycles. The maximum absolute atomic E-state index is 12.1. The summed E-state index contributed by atoms with van der Waals surface area (Å²) in [6.07, 6.45) is 2.70. The number of carbonyl (C=O) groups excluding carboxylic acids is 1. The molecule has 0 aliphatic rings. The Labute approximate surface area is 106 Å². The van der Waals surface area contributed by atoms with Gasteiger partial charge >= 0.3 is 0 Å². The summed E-state index contributed by atoms with van der Waals surface area (Å²) in [5, 5.41) is 4.10. The quantitative estimate of drug-likeness (QED) is 0.641. The van der Waals surface area contributed by atoms with Gasteiger partial charge in [0, 0.05) is 17.8 Å². The van der Waals surface area contributed by atoms with Crippen molar-refractivity contribution in [3.63, 3.8) is 0 Å². The van der Waals surface area contributed by atoms with Crippen molar-refractivity contribution in [2.75, 3.05) is 5.73 Å². The largest absolute Gasteiger partial charge is 0.399 e. The third kappa shape index (κ3) is 2.74. The van der Waals surface area contributed by atoms with E-state index < -0.39 is 0 Å². The van der Waals surface area contributed by atoms with E-state index in [-0.39, 0.29) is 12.2 Å². The number of hydrogen-bond acceptors (Lipinski definition) is 4. The van der Waals surface area contributed by atoms with Crippen molar-refractivity contribution in [3.8, 4) is 0 Å². The van der Waals surface area contributed by atoms with Crippen LogP contribution in [0.15, 0.2) is 30.6 Å². The summed E-state index contributed by atoms with van der Waals surface area (Å²) in [7, 11) is 0. The molecule has 5 heteroatoms. The summed E-state index contributed by atoms with van der Waals surface area (Å²) in [6.45, 7) is 2.84. The Morgan fingerprint density at radius 1 is 1.44 bits per heavy atom. The summed E-state index contributed by atoms with van der Waals surface area (Å²) in [5.74, 6) is 0.705. The van der Waals surface area contributed by atoms with E-state index in [9.17, 15) is 4.79 Å². The second kappa shape index (κ2) is 5.44. The zero-order valence-electron chi connectivity index (χ0n) is 10.3. The lowest BCUT2D eigenvalue weighted by atomic mass is 10.1. The van der Waals surface area contributed by atoms with E-state index in [0.29, 0.717) is 17.1 Å². The van der Waals surface area contributed by atoms with E-state index in [4.69, 9.17) is 5.73 Å². The van der Waals surface area contributed by atoms with Crippen LogP contribution in [0, 0.1) is 0 Å². The van der Waals surface area contributed by atoms with E-state index >= 15 is 0 Å². The third-order valence-electron chi connectivity index (χ3n) is 2.66. The molecule has 18 heavy (non-hydrogen) atoms. The molecule has 0 saturated heterocycles. The average molecular weight is 244 g/mol. The Kier molecular flexibility index (Phi) is 3.72. The zero-order chi connectivity index (χ0) is 13.0. The van der Waals surface area contributed by atoms with Gasteiger partial charge in [0.25, 0.3) is 0 Å². The molecular formula is C13H16N4O. The molecule has 94 valence electrons. The van der Waals surface area contributed by atoms with Crippen molar-refractivity contribution in [1.82, 2.24) is 14.8 Å². The van der Waals surface area contributed by atoms with Crippen LogP contribution in [0.1, 0.15) is 29.5 Å². The number of Topliss-reactive ketones (excluding diaryl/α,β-unsaturated/α-hetero) is 1. The number of nitrogens with zero attached hydrogens (tertiary/aromatic N) is 3. The minimum Gasteiger partial charge on any atom is -0.399 e. The van der Waals surface area contributed by atoms with E-state index in [1.807, 2.05) is 0 Å². The van der Waals surface area contributed by atoms with Gasteiger partial charge in [-0.2, -0.15) is 5.10 Å². The van der Waals surface area contributed by atoms with Crippen LogP contribution in [0.2, 0.25) is 0 Å². The van der Waals surface area contributed by atoms with E-state index in [2.05, 4.69) is 17.0 Å². The van der Waals surface area contributed by atoms with Crippen LogP contribution in [-0.4, -0.2) is 20.5 Å². The highest BCUT2D eigenvalue weighted by Crippen LogP contribution is 2.10. The van der Waals surface area contributed by atoms with Crippen LogP contribution in [0.25, 0.3) is 0 Å². The number of benzene rings is 1. The Morgan fingerprint density at radius 3 is 3.00 bits per heavy atom. The topological polar surface area (TPSA) is 73.8 Å². The molecule has 5 nitrogen and oxygen atoms in total. The molecule has 2 aromatic rings. The zero-order valence-corrected chi connectivity index (χ0v) is 10.3. The first-order valence-corrected chi connectivity index (χ1v) is 5.96. The Bertz CT molecular complexity index is 547. The summed E-state index contributed by atoms with van der Waals surface area (Å²) < 4.78 is 1.77. The average Bonchev–Trinajstić information content (AvgIpc) is 2.77. The lowest BCUT2D eigenvalue weighted by Gasteiger charge is -2.04. The monoisotopic (exact) mass is 244 g/mol. The summed E-state index contributed by atoms with van der Waals surface area (Å²) >= 11 is 0. The summed E-state index contributed by atoms with van der Waals surface area (Å²) in [4.78, 5) is 16.2. The number of hydrogen-bond donors (Lipinski definition) is 1. The smallest absolute Gasteiger partial charge is 0.170 e. The number of nitrogen functional groups attached to an aromatic ring is 1. The molecule has 0 bridgehead atoms. The van der Waals surface area contributed by atoms with Gasteiger partial charge in [-0.25, -0.2) is 9.67 Å². The van der Waals surface area contributed by atoms with Crippen LogP contribution in [0.4, 0.5) is 5.69 Å². The van der Waals surface area contributed by atoms with Gasteiger partial charge in [-0.15, -0.1) is 0 Å². The molecule has 0 atom stereocenters. The summed E-state index contributed by atoms with van der Waals surface area (Å²) in [6, 6.07) is 6.98. The van der Waals surface area contributed by atoms with Crippen molar-refractivity contribution < 1.29 is 4.79 Å². The first-order valence-electron chi connectivity index (χ1n) is 5.96. The standard InChI is InChI=1S/C13H16N4O/c1-2-6-17-13(15-9-16-17)8-12(18)10-4-3-5-11(14)7-10/h3-5,7,9H,2,6,8,14H2,1H3. The molecule has 0 amide bonds. The van der Waals surface area contributed by atoms with Crippen molar-refractivity contribution in [3.05, 3.63) is 42.0 Å². The van der Waals surface area contributed by atoms with Gasteiger partial charge in [-0.05, 0) is 18.6 Å². The molecule has 0 spiro atoms.